The molecule has 0 heterocycles. The Labute approximate surface area is 123 Å². The highest BCUT2D eigenvalue weighted by Gasteiger charge is 2.08. The van der Waals surface area contributed by atoms with Crippen molar-refractivity contribution in [2.45, 2.75) is 20.5 Å². The molecule has 0 spiro atoms. The van der Waals surface area contributed by atoms with E-state index in [0.29, 0.717) is 22.3 Å². The second-order valence-corrected chi connectivity index (χ2v) is 5.35. The average Bonchev–Trinajstić information content (AvgIpc) is 2.32. The Morgan fingerprint density at radius 1 is 1.05 bits per heavy atom. The molecule has 0 atom stereocenters. The molecule has 2 rings (SSSR count). The van der Waals surface area contributed by atoms with Crippen molar-refractivity contribution in [2.75, 3.05) is 5.73 Å². The van der Waals surface area contributed by atoms with E-state index in [4.69, 9.17) is 33.7 Å². The Bertz CT molecular complexity index is 588. The summed E-state index contributed by atoms with van der Waals surface area (Å²) < 4.78 is 5.85. The van der Waals surface area contributed by atoms with Crippen molar-refractivity contribution in [1.82, 2.24) is 0 Å². The molecule has 0 saturated carbocycles. The van der Waals surface area contributed by atoms with Gasteiger partial charge in [-0.2, -0.15) is 0 Å². The molecule has 0 fully saturated rings. The van der Waals surface area contributed by atoms with Crippen molar-refractivity contribution in [3.63, 3.8) is 0 Å². The van der Waals surface area contributed by atoms with E-state index in [-0.39, 0.29) is 0 Å². The molecule has 0 radical (unpaired) electrons. The first kappa shape index (κ1) is 14.0. The molecule has 0 saturated heterocycles. The minimum Gasteiger partial charge on any atom is -0.488 e. The van der Waals surface area contributed by atoms with Gasteiger partial charge in [-0.25, -0.2) is 0 Å². The highest BCUT2D eigenvalue weighted by atomic mass is 35.5. The summed E-state index contributed by atoms with van der Waals surface area (Å²) >= 11 is 12.1. The number of ether oxygens (including phenoxy) is 1. The van der Waals surface area contributed by atoms with Crippen LogP contribution in [0.4, 0.5) is 5.69 Å². The summed E-state index contributed by atoms with van der Waals surface area (Å²) in [6, 6.07) is 9.13. The lowest BCUT2D eigenvalue weighted by Crippen LogP contribution is -2.00. The van der Waals surface area contributed by atoms with Gasteiger partial charge in [-0.15, -0.1) is 0 Å². The van der Waals surface area contributed by atoms with E-state index in [1.165, 1.54) is 0 Å². The topological polar surface area (TPSA) is 35.2 Å². The molecule has 2 aromatic rings. The van der Waals surface area contributed by atoms with E-state index in [0.717, 1.165) is 22.4 Å². The molecule has 0 aromatic heterocycles. The molecule has 0 aliphatic heterocycles. The second kappa shape index (κ2) is 5.72. The van der Waals surface area contributed by atoms with Crippen LogP contribution in [0.15, 0.2) is 30.3 Å². The largest absolute Gasteiger partial charge is 0.488 e. The van der Waals surface area contributed by atoms with Gasteiger partial charge >= 0.3 is 0 Å². The first-order valence-electron chi connectivity index (χ1n) is 5.91. The van der Waals surface area contributed by atoms with Crippen molar-refractivity contribution >= 4 is 28.9 Å². The summed E-state index contributed by atoms with van der Waals surface area (Å²) in [6.07, 6.45) is 0. The summed E-state index contributed by atoms with van der Waals surface area (Å²) in [5, 5.41) is 1.36. The number of hydrogen-bond donors (Lipinski definition) is 1. The standard InChI is InChI=1S/C15H15Cl2NO/c1-9-5-12(16)6-10(2)15(9)19-8-11-7-13(18)3-4-14(11)17/h3-7H,8,18H2,1-2H3. The van der Waals surface area contributed by atoms with E-state index in [9.17, 15) is 0 Å². The molecule has 2 nitrogen and oxygen atoms in total. The molecular formula is C15H15Cl2NO. The van der Waals surface area contributed by atoms with Crippen LogP contribution >= 0.6 is 23.2 Å². The Balaban J connectivity index is 2.21. The van der Waals surface area contributed by atoms with Crippen LogP contribution in [-0.4, -0.2) is 0 Å². The van der Waals surface area contributed by atoms with E-state index >= 15 is 0 Å². The molecule has 0 bridgehead atoms. The van der Waals surface area contributed by atoms with Crippen molar-refractivity contribution in [3.8, 4) is 5.75 Å². The lowest BCUT2D eigenvalue weighted by molar-refractivity contribution is 0.302. The van der Waals surface area contributed by atoms with E-state index in [2.05, 4.69) is 0 Å². The summed E-state index contributed by atoms with van der Waals surface area (Å²) in [6.45, 7) is 4.32. The zero-order valence-corrected chi connectivity index (χ0v) is 12.3. The van der Waals surface area contributed by atoms with Gasteiger partial charge in [0.05, 0.1) is 0 Å². The molecule has 0 amide bonds. The summed E-state index contributed by atoms with van der Waals surface area (Å²) in [7, 11) is 0. The fourth-order valence-electron chi connectivity index (χ4n) is 1.98. The molecule has 19 heavy (non-hydrogen) atoms. The minimum atomic E-state index is 0.382. The molecule has 0 unspecified atom stereocenters. The smallest absolute Gasteiger partial charge is 0.125 e. The molecule has 0 aliphatic carbocycles. The highest BCUT2D eigenvalue weighted by Crippen LogP contribution is 2.29. The van der Waals surface area contributed by atoms with Gasteiger partial charge in [-0.05, 0) is 55.3 Å². The van der Waals surface area contributed by atoms with Gasteiger partial charge in [0.1, 0.15) is 12.4 Å². The van der Waals surface area contributed by atoms with Crippen LogP contribution < -0.4 is 10.5 Å². The summed E-state index contributed by atoms with van der Waals surface area (Å²) in [5.74, 6) is 0.836. The van der Waals surface area contributed by atoms with Crippen LogP contribution in [0.5, 0.6) is 5.75 Å². The first-order valence-corrected chi connectivity index (χ1v) is 6.66. The SMILES string of the molecule is Cc1cc(Cl)cc(C)c1OCc1cc(N)ccc1Cl. The molecule has 2 aromatic carbocycles. The quantitative estimate of drug-likeness (QED) is 0.828. The summed E-state index contributed by atoms with van der Waals surface area (Å²) in [4.78, 5) is 0. The van der Waals surface area contributed by atoms with Gasteiger partial charge in [0.15, 0.2) is 0 Å². The zero-order valence-electron chi connectivity index (χ0n) is 10.8. The first-order chi connectivity index (χ1) is 8.97. The summed E-state index contributed by atoms with van der Waals surface area (Å²) in [5.41, 5.74) is 9.30. The zero-order chi connectivity index (χ0) is 14.0. The molecule has 2 N–H and O–H groups in total. The molecule has 100 valence electrons. The minimum absolute atomic E-state index is 0.382. The van der Waals surface area contributed by atoms with E-state index in [1.54, 1.807) is 12.1 Å². The maximum Gasteiger partial charge on any atom is 0.125 e. The second-order valence-electron chi connectivity index (χ2n) is 4.51. The third kappa shape index (κ3) is 3.34. The highest BCUT2D eigenvalue weighted by molar-refractivity contribution is 6.31. The Kier molecular flexibility index (Phi) is 4.23. The lowest BCUT2D eigenvalue weighted by Gasteiger charge is -2.13. The van der Waals surface area contributed by atoms with Crippen LogP contribution in [0.3, 0.4) is 0 Å². The predicted octanol–water partition coefficient (Wildman–Crippen LogP) is 4.77. The van der Waals surface area contributed by atoms with Crippen LogP contribution in [0.2, 0.25) is 10.0 Å². The molecule has 0 aliphatic rings. The number of hydrogen-bond acceptors (Lipinski definition) is 2. The van der Waals surface area contributed by atoms with Crippen molar-refractivity contribution in [3.05, 3.63) is 57.1 Å². The predicted molar refractivity (Wildman–Crippen MR) is 81.1 cm³/mol. The Morgan fingerprint density at radius 2 is 1.68 bits per heavy atom. The molecular weight excluding hydrogens is 281 g/mol. The maximum atomic E-state index is 6.11. The number of nitrogens with two attached hydrogens (primary N) is 1. The average molecular weight is 296 g/mol. The van der Waals surface area contributed by atoms with Crippen LogP contribution in [0.1, 0.15) is 16.7 Å². The van der Waals surface area contributed by atoms with Gasteiger partial charge in [-0.1, -0.05) is 23.2 Å². The van der Waals surface area contributed by atoms with E-state index < -0.39 is 0 Å². The van der Waals surface area contributed by atoms with Crippen LogP contribution in [0.25, 0.3) is 0 Å². The molecule has 4 heteroatoms. The third-order valence-electron chi connectivity index (χ3n) is 2.87. The number of benzene rings is 2. The third-order valence-corrected chi connectivity index (χ3v) is 3.45. The lowest BCUT2D eigenvalue weighted by atomic mass is 10.1. The normalized spacial score (nSPS) is 10.5. The Hall–Kier alpha value is -1.38. The van der Waals surface area contributed by atoms with Gasteiger partial charge in [0.25, 0.3) is 0 Å². The fourth-order valence-corrected chi connectivity index (χ4v) is 2.48. The number of anilines is 1. The maximum absolute atomic E-state index is 6.11. The number of aryl methyl sites for hydroxylation is 2. The van der Waals surface area contributed by atoms with Gasteiger partial charge in [0, 0.05) is 21.3 Å². The monoisotopic (exact) mass is 295 g/mol. The van der Waals surface area contributed by atoms with Gasteiger partial charge < -0.3 is 10.5 Å². The number of halogens is 2. The van der Waals surface area contributed by atoms with Crippen molar-refractivity contribution in [1.29, 1.82) is 0 Å². The van der Waals surface area contributed by atoms with Crippen LogP contribution in [0, 0.1) is 13.8 Å². The van der Waals surface area contributed by atoms with Gasteiger partial charge in [0.2, 0.25) is 0 Å². The fraction of sp³-hybridized carbons (Fsp3) is 0.200. The Morgan fingerprint density at radius 3 is 2.32 bits per heavy atom. The van der Waals surface area contributed by atoms with Crippen molar-refractivity contribution in [2.24, 2.45) is 0 Å². The van der Waals surface area contributed by atoms with Crippen molar-refractivity contribution < 1.29 is 4.74 Å². The van der Waals surface area contributed by atoms with E-state index in [1.807, 2.05) is 32.0 Å². The van der Waals surface area contributed by atoms with Crippen LogP contribution in [-0.2, 0) is 6.61 Å². The number of rotatable bonds is 3. The number of nitrogen functional groups attached to an aromatic ring is 1. The van der Waals surface area contributed by atoms with Gasteiger partial charge in [-0.3, -0.25) is 0 Å².